The number of aromatic nitrogens is 2. The molecule has 4 nitrogen and oxygen atoms in total. The van der Waals surface area contributed by atoms with Gasteiger partial charge >= 0.3 is 0 Å². The van der Waals surface area contributed by atoms with Crippen molar-refractivity contribution in [2.45, 2.75) is 6.92 Å². The van der Waals surface area contributed by atoms with Crippen molar-refractivity contribution in [2.75, 3.05) is 38.1 Å². The minimum Gasteiger partial charge on any atom is -0.354 e. The number of hydrogen-bond acceptors (Lipinski definition) is 4. The van der Waals surface area contributed by atoms with E-state index < -0.39 is 0 Å². The fourth-order valence-corrected chi connectivity index (χ4v) is 3.87. The summed E-state index contributed by atoms with van der Waals surface area (Å²) in [5, 5.41) is 8.92. The van der Waals surface area contributed by atoms with Crippen molar-refractivity contribution in [3.05, 3.63) is 42.0 Å². The topological polar surface area (TPSA) is 32.3 Å². The zero-order valence-corrected chi connectivity index (χ0v) is 15.7. The van der Waals surface area contributed by atoms with Crippen LogP contribution in [0.15, 0.2) is 36.4 Å². The zero-order valence-electron chi connectivity index (χ0n) is 14.1. The van der Waals surface area contributed by atoms with Crippen LogP contribution in [0.1, 0.15) is 5.56 Å². The third-order valence-corrected chi connectivity index (χ3v) is 4.96. The number of anilines is 1. The third-order valence-electron chi connectivity index (χ3n) is 4.96. The molecule has 2 atom stereocenters. The summed E-state index contributed by atoms with van der Waals surface area (Å²) in [5.74, 6) is 2.61. The number of likely N-dealkylation sites (tertiary alicyclic amines) is 1. The molecule has 2 fully saturated rings. The minimum atomic E-state index is 0. The molecule has 6 heteroatoms. The molecule has 2 saturated heterocycles. The summed E-state index contributed by atoms with van der Waals surface area (Å²) in [6.45, 7) is 6.78. The Kier molecular flexibility index (Phi) is 6.07. The maximum atomic E-state index is 4.48. The molecule has 3 heterocycles. The first kappa shape index (κ1) is 19.0. The highest BCUT2D eigenvalue weighted by atomic mass is 35.5. The molecule has 2 aromatic rings. The van der Waals surface area contributed by atoms with Gasteiger partial charge in [0.1, 0.15) is 0 Å². The maximum Gasteiger partial charge on any atom is 0.151 e. The summed E-state index contributed by atoms with van der Waals surface area (Å²) in [4.78, 5) is 4.84. The van der Waals surface area contributed by atoms with E-state index >= 15 is 0 Å². The van der Waals surface area contributed by atoms with Gasteiger partial charge in [0.15, 0.2) is 5.82 Å². The van der Waals surface area contributed by atoms with Crippen molar-refractivity contribution in [1.82, 2.24) is 15.1 Å². The Hall–Kier alpha value is -1.36. The zero-order chi connectivity index (χ0) is 15.1. The van der Waals surface area contributed by atoms with E-state index in [0.29, 0.717) is 0 Å². The number of benzene rings is 1. The number of aryl methyl sites for hydroxylation is 1. The molecule has 2 aliphatic heterocycles. The molecule has 2 aliphatic rings. The molecular weight excluding hydrogens is 343 g/mol. The standard InChI is InChI=1S/C18H22N4.2ClH/c1-13-4-3-5-14(8-13)17-6-7-18(20-19-17)22-11-15-9-21(2)10-16(15)12-22;;/h3-8,15-16H,9-12H2,1-2H3;2*1H. The van der Waals surface area contributed by atoms with E-state index in [4.69, 9.17) is 0 Å². The van der Waals surface area contributed by atoms with Crippen LogP contribution in [0.3, 0.4) is 0 Å². The van der Waals surface area contributed by atoms with E-state index in [1.165, 1.54) is 18.7 Å². The van der Waals surface area contributed by atoms with Gasteiger partial charge in [0.05, 0.1) is 5.69 Å². The minimum absolute atomic E-state index is 0. The second-order valence-corrected chi connectivity index (χ2v) is 6.79. The van der Waals surface area contributed by atoms with Crippen molar-refractivity contribution >= 4 is 30.6 Å². The van der Waals surface area contributed by atoms with Crippen LogP contribution in [-0.4, -0.2) is 48.3 Å². The lowest BCUT2D eigenvalue weighted by Gasteiger charge is -2.19. The van der Waals surface area contributed by atoms with Crippen LogP contribution in [0.25, 0.3) is 11.3 Å². The van der Waals surface area contributed by atoms with E-state index in [1.54, 1.807) is 0 Å². The molecule has 0 N–H and O–H groups in total. The molecule has 1 aromatic carbocycles. The van der Waals surface area contributed by atoms with Crippen LogP contribution in [0.2, 0.25) is 0 Å². The van der Waals surface area contributed by atoms with Crippen molar-refractivity contribution in [1.29, 1.82) is 0 Å². The molecule has 0 saturated carbocycles. The van der Waals surface area contributed by atoms with E-state index in [1.807, 2.05) is 0 Å². The van der Waals surface area contributed by atoms with Gasteiger partial charge in [0.2, 0.25) is 0 Å². The van der Waals surface area contributed by atoms with E-state index in [0.717, 1.165) is 42.0 Å². The number of fused-ring (bicyclic) bond motifs is 1. The fraction of sp³-hybridized carbons (Fsp3) is 0.444. The van der Waals surface area contributed by atoms with E-state index in [2.05, 4.69) is 70.4 Å². The molecule has 4 rings (SSSR count). The Balaban J connectivity index is 0.00000104. The first-order valence-corrected chi connectivity index (χ1v) is 8.03. The molecule has 1 aromatic heterocycles. The van der Waals surface area contributed by atoms with Gasteiger partial charge in [-0.25, -0.2) is 0 Å². The lowest BCUT2D eigenvalue weighted by atomic mass is 10.0. The van der Waals surface area contributed by atoms with Crippen molar-refractivity contribution in [2.24, 2.45) is 11.8 Å². The SMILES string of the molecule is Cc1cccc(-c2ccc(N3CC4CN(C)CC4C3)nn2)c1.Cl.Cl. The summed E-state index contributed by atoms with van der Waals surface area (Å²) < 4.78 is 0. The molecule has 0 bridgehead atoms. The summed E-state index contributed by atoms with van der Waals surface area (Å²) in [7, 11) is 2.22. The van der Waals surface area contributed by atoms with Gasteiger partial charge < -0.3 is 9.80 Å². The summed E-state index contributed by atoms with van der Waals surface area (Å²) in [5.41, 5.74) is 3.34. The molecule has 2 unspecified atom stereocenters. The number of hydrogen-bond donors (Lipinski definition) is 0. The average molecular weight is 367 g/mol. The van der Waals surface area contributed by atoms with Crippen LogP contribution in [0.4, 0.5) is 5.82 Å². The van der Waals surface area contributed by atoms with Gasteiger partial charge in [-0.05, 0) is 44.0 Å². The lowest BCUT2D eigenvalue weighted by molar-refractivity contribution is 0.387. The predicted molar refractivity (Wildman–Crippen MR) is 103 cm³/mol. The Bertz CT molecular complexity index is 663. The van der Waals surface area contributed by atoms with Crippen molar-refractivity contribution in [3.63, 3.8) is 0 Å². The second-order valence-electron chi connectivity index (χ2n) is 6.79. The summed E-state index contributed by atoms with van der Waals surface area (Å²) >= 11 is 0. The monoisotopic (exact) mass is 366 g/mol. The van der Waals surface area contributed by atoms with Crippen LogP contribution in [-0.2, 0) is 0 Å². The average Bonchev–Trinajstić information content (AvgIpc) is 3.05. The van der Waals surface area contributed by atoms with Crippen LogP contribution < -0.4 is 4.90 Å². The highest BCUT2D eigenvalue weighted by Crippen LogP contribution is 2.32. The van der Waals surface area contributed by atoms with Crippen LogP contribution >= 0.6 is 24.8 Å². The maximum absolute atomic E-state index is 4.48. The molecular formula is C18H24Cl2N4. The smallest absolute Gasteiger partial charge is 0.151 e. The van der Waals surface area contributed by atoms with Crippen LogP contribution in [0, 0.1) is 18.8 Å². The van der Waals surface area contributed by atoms with Crippen LogP contribution in [0.5, 0.6) is 0 Å². The second kappa shape index (κ2) is 7.68. The number of halogens is 2. The van der Waals surface area contributed by atoms with E-state index in [-0.39, 0.29) is 24.8 Å². The van der Waals surface area contributed by atoms with Crippen molar-refractivity contribution < 1.29 is 0 Å². The normalized spacial score (nSPS) is 22.7. The summed E-state index contributed by atoms with van der Waals surface area (Å²) in [6.07, 6.45) is 0. The molecule has 0 spiro atoms. The van der Waals surface area contributed by atoms with E-state index in [9.17, 15) is 0 Å². The quantitative estimate of drug-likeness (QED) is 0.816. The Labute approximate surface area is 156 Å². The van der Waals surface area contributed by atoms with Gasteiger partial charge in [0.25, 0.3) is 0 Å². The molecule has 130 valence electrons. The highest BCUT2D eigenvalue weighted by Gasteiger charge is 2.39. The Morgan fingerprint density at radius 2 is 1.62 bits per heavy atom. The molecule has 0 amide bonds. The number of rotatable bonds is 2. The first-order valence-electron chi connectivity index (χ1n) is 8.03. The van der Waals surface area contributed by atoms with Crippen molar-refractivity contribution in [3.8, 4) is 11.3 Å². The Morgan fingerprint density at radius 3 is 2.21 bits per heavy atom. The Morgan fingerprint density at radius 1 is 0.917 bits per heavy atom. The summed E-state index contributed by atoms with van der Waals surface area (Å²) in [6, 6.07) is 12.6. The van der Waals surface area contributed by atoms with Gasteiger partial charge in [-0.1, -0.05) is 23.8 Å². The molecule has 0 radical (unpaired) electrons. The van der Waals surface area contributed by atoms with Gasteiger partial charge in [-0.15, -0.1) is 35.0 Å². The van der Waals surface area contributed by atoms with Gasteiger partial charge in [-0.3, -0.25) is 0 Å². The lowest BCUT2D eigenvalue weighted by Crippen LogP contribution is -2.27. The first-order chi connectivity index (χ1) is 10.7. The van der Waals surface area contributed by atoms with Gasteiger partial charge in [-0.2, -0.15) is 0 Å². The largest absolute Gasteiger partial charge is 0.354 e. The molecule has 0 aliphatic carbocycles. The highest BCUT2D eigenvalue weighted by molar-refractivity contribution is 5.85. The fourth-order valence-electron chi connectivity index (χ4n) is 3.87. The predicted octanol–water partition coefficient (Wildman–Crippen LogP) is 3.29. The van der Waals surface area contributed by atoms with Gasteiger partial charge in [0, 0.05) is 31.7 Å². The number of nitrogens with zero attached hydrogens (tertiary/aromatic N) is 4. The molecule has 24 heavy (non-hydrogen) atoms. The third kappa shape index (κ3) is 3.66.